The predicted molar refractivity (Wildman–Crippen MR) is 78.9 cm³/mol. The Morgan fingerprint density at radius 2 is 1.76 bits per heavy atom. The average Bonchev–Trinajstić information content (AvgIpc) is 2.49. The summed E-state index contributed by atoms with van der Waals surface area (Å²) in [5.74, 6) is -0.612. The van der Waals surface area contributed by atoms with Crippen LogP contribution in [0.3, 0.4) is 0 Å². The summed E-state index contributed by atoms with van der Waals surface area (Å²) in [5.41, 5.74) is -0.504. The highest BCUT2D eigenvalue weighted by Gasteiger charge is 2.17. The molecule has 3 aromatic rings. The van der Waals surface area contributed by atoms with Crippen LogP contribution >= 0.6 is 11.6 Å². The number of rotatable bonds is 2. The van der Waals surface area contributed by atoms with E-state index >= 15 is 0 Å². The SMILES string of the molecule is O=C(Oc1ccccc1Cl)c1cc2ccccc2oc1=O. The van der Waals surface area contributed by atoms with Crippen molar-refractivity contribution in [3.05, 3.63) is 75.6 Å². The number of hydrogen-bond acceptors (Lipinski definition) is 4. The van der Waals surface area contributed by atoms with E-state index in [2.05, 4.69) is 0 Å². The van der Waals surface area contributed by atoms with E-state index in [1.165, 1.54) is 6.07 Å². The average molecular weight is 301 g/mol. The third-order valence-corrected chi connectivity index (χ3v) is 3.21. The van der Waals surface area contributed by atoms with Gasteiger partial charge < -0.3 is 9.15 Å². The van der Waals surface area contributed by atoms with Crippen molar-refractivity contribution < 1.29 is 13.9 Å². The van der Waals surface area contributed by atoms with Crippen LogP contribution in [0.15, 0.2) is 63.8 Å². The lowest BCUT2D eigenvalue weighted by molar-refractivity contribution is 0.0730. The number of carbonyl (C=O) groups excluding carboxylic acids is 1. The van der Waals surface area contributed by atoms with Crippen molar-refractivity contribution in [3.63, 3.8) is 0 Å². The number of para-hydroxylation sites is 2. The molecule has 21 heavy (non-hydrogen) atoms. The van der Waals surface area contributed by atoms with Crippen molar-refractivity contribution in [1.29, 1.82) is 0 Å². The van der Waals surface area contributed by atoms with Gasteiger partial charge in [0.05, 0.1) is 5.02 Å². The van der Waals surface area contributed by atoms with E-state index in [1.807, 2.05) is 0 Å². The lowest BCUT2D eigenvalue weighted by Crippen LogP contribution is -2.18. The largest absolute Gasteiger partial charge is 0.422 e. The first kappa shape index (κ1) is 13.4. The van der Waals surface area contributed by atoms with Gasteiger partial charge in [-0.3, -0.25) is 0 Å². The van der Waals surface area contributed by atoms with E-state index in [0.29, 0.717) is 11.0 Å². The summed E-state index contributed by atoms with van der Waals surface area (Å²) in [4.78, 5) is 23.9. The summed E-state index contributed by atoms with van der Waals surface area (Å²) in [6.45, 7) is 0. The summed E-state index contributed by atoms with van der Waals surface area (Å²) >= 11 is 5.91. The molecule has 0 saturated heterocycles. The first-order valence-electron chi connectivity index (χ1n) is 6.15. The summed E-state index contributed by atoms with van der Waals surface area (Å²) in [6.07, 6.45) is 0. The molecule has 0 aliphatic carbocycles. The number of halogens is 1. The first-order valence-corrected chi connectivity index (χ1v) is 6.52. The number of ether oxygens (including phenoxy) is 1. The van der Waals surface area contributed by atoms with Crippen LogP contribution in [0, 0.1) is 0 Å². The Hall–Kier alpha value is -2.59. The van der Waals surface area contributed by atoms with Crippen molar-refractivity contribution in [3.8, 4) is 5.75 Å². The molecule has 0 amide bonds. The minimum atomic E-state index is -0.803. The van der Waals surface area contributed by atoms with E-state index in [0.717, 1.165) is 0 Å². The van der Waals surface area contributed by atoms with Gasteiger partial charge in [-0.15, -0.1) is 0 Å². The highest BCUT2D eigenvalue weighted by Crippen LogP contribution is 2.24. The van der Waals surface area contributed by atoms with Crippen LogP contribution < -0.4 is 10.4 Å². The molecule has 2 aromatic carbocycles. The highest BCUT2D eigenvalue weighted by atomic mass is 35.5. The number of hydrogen-bond donors (Lipinski definition) is 0. The van der Waals surface area contributed by atoms with Gasteiger partial charge in [0.15, 0.2) is 0 Å². The normalized spacial score (nSPS) is 10.5. The summed E-state index contributed by atoms with van der Waals surface area (Å²) in [6, 6.07) is 14.9. The minimum absolute atomic E-state index is 0.173. The summed E-state index contributed by atoms with van der Waals surface area (Å²) < 4.78 is 10.2. The molecule has 1 heterocycles. The molecule has 0 bridgehead atoms. The fourth-order valence-electron chi connectivity index (χ4n) is 1.89. The minimum Gasteiger partial charge on any atom is -0.422 e. The molecule has 3 rings (SSSR count). The summed E-state index contributed by atoms with van der Waals surface area (Å²) in [7, 11) is 0. The third-order valence-electron chi connectivity index (χ3n) is 2.90. The predicted octanol–water partition coefficient (Wildman–Crippen LogP) is 3.67. The maximum atomic E-state index is 12.1. The van der Waals surface area contributed by atoms with Crippen LogP contribution in [0.1, 0.15) is 10.4 Å². The molecule has 0 spiro atoms. The second-order valence-corrected chi connectivity index (χ2v) is 4.71. The molecular formula is C16H9ClO4. The topological polar surface area (TPSA) is 56.5 Å². The molecule has 0 saturated carbocycles. The van der Waals surface area contributed by atoms with Crippen LogP contribution in [0.2, 0.25) is 5.02 Å². The van der Waals surface area contributed by atoms with E-state index in [1.54, 1.807) is 48.5 Å². The Morgan fingerprint density at radius 1 is 1.05 bits per heavy atom. The van der Waals surface area contributed by atoms with Crippen LogP contribution in [0.5, 0.6) is 5.75 Å². The van der Waals surface area contributed by atoms with Gasteiger partial charge in [0.1, 0.15) is 16.9 Å². The maximum absolute atomic E-state index is 12.1. The third kappa shape index (κ3) is 2.66. The van der Waals surface area contributed by atoms with Gasteiger partial charge >= 0.3 is 11.6 Å². The van der Waals surface area contributed by atoms with E-state index < -0.39 is 11.6 Å². The molecule has 5 heteroatoms. The molecule has 104 valence electrons. The Kier molecular flexibility index (Phi) is 3.46. The van der Waals surface area contributed by atoms with Crippen molar-refractivity contribution in [2.75, 3.05) is 0 Å². The fourth-order valence-corrected chi connectivity index (χ4v) is 2.06. The van der Waals surface area contributed by atoms with Crippen molar-refractivity contribution >= 4 is 28.5 Å². The summed E-state index contributed by atoms with van der Waals surface area (Å²) in [5, 5.41) is 0.930. The van der Waals surface area contributed by atoms with Crippen LogP contribution in [-0.2, 0) is 0 Å². The van der Waals surface area contributed by atoms with Gasteiger partial charge in [-0.05, 0) is 24.3 Å². The van der Waals surface area contributed by atoms with Crippen LogP contribution in [0.4, 0.5) is 0 Å². The smallest absolute Gasteiger partial charge is 0.351 e. The Balaban J connectivity index is 2.00. The van der Waals surface area contributed by atoms with Crippen LogP contribution in [-0.4, -0.2) is 5.97 Å². The Bertz CT molecular complexity index is 883. The molecule has 0 N–H and O–H groups in total. The maximum Gasteiger partial charge on any atom is 0.351 e. The zero-order chi connectivity index (χ0) is 14.8. The molecule has 0 atom stereocenters. The number of carbonyl (C=O) groups is 1. The highest BCUT2D eigenvalue weighted by molar-refractivity contribution is 6.32. The van der Waals surface area contributed by atoms with E-state index in [-0.39, 0.29) is 16.3 Å². The van der Waals surface area contributed by atoms with E-state index in [9.17, 15) is 9.59 Å². The molecular weight excluding hydrogens is 292 g/mol. The van der Waals surface area contributed by atoms with Gasteiger partial charge in [-0.1, -0.05) is 41.9 Å². The lowest BCUT2D eigenvalue weighted by Gasteiger charge is -2.05. The number of esters is 1. The molecule has 0 aliphatic rings. The Labute approximate surface area is 124 Å². The van der Waals surface area contributed by atoms with Gasteiger partial charge in [0.2, 0.25) is 0 Å². The van der Waals surface area contributed by atoms with E-state index in [4.69, 9.17) is 20.8 Å². The molecule has 0 aliphatic heterocycles. The quantitative estimate of drug-likeness (QED) is 0.412. The van der Waals surface area contributed by atoms with Gasteiger partial charge in [0.25, 0.3) is 0 Å². The van der Waals surface area contributed by atoms with Crippen LogP contribution in [0.25, 0.3) is 11.0 Å². The lowest BCUT2D eigenvalue weighted by atomic mass is 10.2. The zero-order valence-electron chi connectivity index (χ0n) is 10.7. The molecule has 0 radical (unpaired) electrons. The molecule has 0 unspecified atom stereocenters. The zero-order valence-corrected chi connectivity index (χ0v) is 11.5. The fraction of sp³-hybridized carbons (Fsp3) is 0. The van der Waals surface area contributed by atoms with Crippen molar-refractivity contribution in [2.45, 2.75) is 0 Å². The second-order valence-electron chi connectivity index (χ2n) is 4.31. The van der Waals surface area contributed by atoms with Gasteiger partial charge in [-0.2, -0.15) is 0 Å². The molecule has 4 nitrogen and oxygen atoms in total. The molecule has 1 aromatic heterocycles. The number of fused-ring (bicyclic) bond motifs is 1. The first-order chi connectivity index (χ1) is 10.1. The monoisotopic (exact) mass is 300 g/mol. The second kappa shape index (κ2) is 5.42. The van der Waals surface area contributed by atoms with Crippen molar-refractivity contribution in [2.24, 2.45) is 0 Å². The standard InChI is InChI=1S/C16H9ClO4/c17-12-6-2-4-8-14(12)21-16(19)11-9-10-5-1-3-7-13(10)20-15(11)18/h1-9H. The van der Waals surface area contributed by atoms with Gasteiger partial charge in [-0.25, -0.2) is 9.59 Å². The van der Waals surface area contributed by atoms with Crippen molar-refractivity contribution in [1.82, 2.24) is 0 Å². The Morgan fingerprint density at radius 3 is 2.57 bits per heavy atom. The molecule has 0 fully saturated rings. The number of benzene rings is 2. The van der Waals surface area contributed by atoms with Gasteiger partial charge in [0, 0.05) is 5.39 Å².